The maximum absolute atomic E-state index is 5.96. The van der Waals surface area contributed by atoms with Crippen molar-refractivity contribution >= 4 is 34.5 Å². The Kier molecular flexibility index (Phi) is 4.34. The molecule has 0 radical (unpaired) electrons. The molecule has 0 saturated carbocycles. The fourth-order valence-corrected chi connectivity index (χ4v) is 2.62. The van der Waals surface area contributed by atoms with E-state index in [-0.39, 0.29) is 0 Å². The van der Waals surface area contributed by atoms with Crippen LogP contribution < -0.4 is 5.32 Å². The highest BCUT2D eigenvalue weighted by atomic mass is 35.5. The Hall–Kier alpha value is -0.680. The summed E-state index contributed by atoms with van der Waals surface area (Å²) in [5, 5.41) is 14.4. The van der Waals surface area contributed by atoms with Gasteiger partial charge in [0.2, 0.25) is 0 Å². The summed E-state index contributed by atoms with van der Waals surface area (Å²) in [7, 11) is 1.89. The normalized spacial score (nSPS) is 10.8. The van der Waals surface area contributed by atoms with E-state index >= 15 is 0 Å². The second-order valence-electron chi connectivity index (χ2n) is 3.55. The van der Waals surface area contributed by atoms with Gasteiger partial charge in [-0.15, -0.1) is 10.2 Å². The molecule has 0 spiro atoms. The molecule has 0 saturated heterocycles. The van der Waals surface area contributed by atoms with Crippen molar-refractivity contribution in [2.45, 2.75) is 13.0 Å². The molecule has 6 heteroatoms. The topological polar surface area (TPSA) is 37.8 Å². The summed E-state index contributed by atoms with van der Waals surface area (Å²) in [5.41, 5.74) is 1.09. The standard InChI is InChI=1S/C11H11Cl2N3S/c1-14-6-11-16-15-10(17-11)5-7-2-3-8(12)9(13)4-7/h2-4,14H,5-6H2,1H3. The van der Waals surface area contributed by atoms with Crippen molar-refractivity contribution in [1.82, 2.24) is 15.5 Å². The van der Waals surface area contributed by atoms with Crippen molar-refractivity contribution in [1.29, 1.82) is 0 Å². The number of hydrogen-bond donors (Lipinski definition) is 1. The van der Waals surface area contributed by atoms with Gasteiger partial charge in [0.15, 0.2) is 0 Å². The molecule has 0 atom stereocenters. The molecule has 1 aromatic heterocycles. The first kappa shape index (κ1) is 12.8. The van der Waals surface area contributed by atoms with E-state index in [1.165, 1.54) is 0 Å². The Morgan fingerprint density at radius 1 is 1.18 bits per heavy atom. The molecule has 0 aliphatic heterocycles. The van der Waals surface area contributed by atoms with Crippen molar-refractivity contribution in [3.63, 3.8) is 0 Å². The minimum absolute atomic E-state index is 0.573. The lowest BCUT2D eigenvalue weighted by molar-refractivity contribution is 0.791. The van der Waals surface area contributed by atoms with Crippen LogP contribution in [-0.4, -0.2) is 17.2 Å². The molecular formula is C11H11Cl2N3S. The third-order valence-electron chi connectivity index (χ3n) is 2.18. The lowest BCUT2D eigenvalue weighted by atomic mass is 10.2. The molecule has 90 valence electrons. The van der Waals surface area contributed by atoms with Crippen LogP contribution in [0.15, 0.2) is 18.2 Å². The van der Waals surface area contributed by atoms with Crippen LogP contribution >= 0.6 is 34.5 Å². The maximum atomic E-state index is 5.96. The number of benzene rings is 1. The third-order valence-corrected chi connectivity index (χ3v) is 3.84. The van der Waals surface area contributed by atoms with Crippen LogP contribution in [0.2, 0.25) is 10.0 Å². The molecule has 2 aromatic rings. The van der Waals surface area contributed by atoms with Gasteiger partial charge in [0.25, 0.3) is 0 Å². The molecule has 1 heterocycles. The predicted octanol–water partition coefficient (Wildman–Crippen LogP) is 3.16. The molecule has 17 heavy (non-hydrogen) atoms. The van der Waals surface area contributed by atoms with E-state index in [4.69, 9.17) is 23.2 Å². The molecule has 0 fully saturated rings. The highest BCUT2D eigenvalue weighted by Crippen LogP contribution is 2.24. The first-order chi connectivity index (χ1) is 8.19. The summed E-state index contributed by atoms with van der Waals surface area (Å²) >= 11 is 13.4. The van der Waals surface area contributed by atoms with Crippen LogP contribution in [0.1, 0.15) is 15.6 Å². The quantitative estimate of drug-likeness (QED) is 0.939. The summed E-state index contributed by atoms with van der Waals surface area (Å²) in [5.74, 6) is 0. The average Bonchev–Trinajstić information content (AvgIpc) is 2.72. The zero-order valence-corrected chi connectivity index (χ0v) is 11.5. The van der Waals surface area contributed by atoms with Gasteiger partial charge >= 0.3 is 0 Å². The van der Waals surface area contributed by atoms with Gasteiger partial charge < -0.3 is 5.32 Å². The van der Waals surface area contributed by atoms with Crippen LogP contribution in [0.5, 0.6) is 0 Å². The average molecular weight is 288 g/mol. The highest BCUT2D eigenvalue weighted by molar-refractivity contribution is 7.11. The van der Waals surface area contributed by atoms with Gasteiger partial charge in [-0.3, -0.25) is 0 Å². The van der Waals surface area contributed by atoms with Gasteiger partial charge in [-0.05, 0) is 24.7 Å². The third kappa shape index (κ3) is 3.39. The van der Waals surface area contributed by atoms with E-state index in [0.717, 1.165) is 28.5 Å². The van der Waals surface area contributed by atoms with Crippen LogP contribution in [-0.2, 0) is 13.0 Å². The van der Waals surface area contributed by atoms with Crippen LogP contribution in [0.3, 0.4) is 0 Å². The maximum Gasteiger partial charge on any atom is 0.131 e. The Morgan fingerprint density at radius 2 is 1.94 bits per heavy atom. The van der Waals surface area contributed by atoms with E-state index < -0.39 is 0 Å². The summed E-state index contributed by atoms with van der Waals surface area (Å²) in [6.45, 7) is 0.749. The van der Waals surface area contributed by atoms with E-state index in [2.05, 4.69) is 15.5 Å². The minimum atomic E-state index is 0.573. The van der Waals surface area contributed by atoms with Gasteiger partial charge in [-0.25, -0.2) is 0 Å². The Balaban J connectivity index is 2.11. The number of rotatable bonds is 4. The molecule has 0 aliphatic carbocycles. The molecule has 1 aromatic carbocycles. The Bertz CT molecular complexity index is 513. The van der Waals surface area contributed by atoms with Gasteiger partial charge in [0, 0.05) is 13.0 Å². The van der Waals surface area contributed by atoms with Gasteiger partial charge in [0.1, 0.15) is 10.0 Å². The number of nitrogens with one attached hydrogen (secondary N) is 1. The number of hydrogen-bond acceptors (Lipinski definition) is 4. The SMILES string of the molecule is CNCc1nnc(Cc2ccc(Cl)c(Cl)c2)s1. The predicted molar refractivity (Wildman–Crippen MR) is 71.9 cm³/mol. The number of halogens is 2. The number of aromatic nitrogens is 2. The Morgan fingerprint density at radius 3 is 2.65 bits per heavy atom. The van der Waals surface area contributed by atoms with Gasteiger partial charge in [-0.1, -0.05) is 40.6 Å². The van der Waals surface area contributed by atoms with Crippen molar-refractivity contribution in [2.24, 2.45) is 0 Å². The summed E-state index contributed by atoms with van der Waals surface area (Å²) in [4.78, 5) is 0. The summed E-state index contributed by atoms with van der Waals surface area (Å²) in [6.07, 6.45) is 0.734. The molecule has 1 N–H and O–H groups in total. The lowest BCUT2D eigenvalue weighted by Gasteiger charge is -2.00. The largest absolute Gasteiger partial charge is 0.313 e. The lowest BCUT2D eigenvalue weighted by Crippen LogP contribution is -2.04. The van der Waals surface area contributed by atoms with E-state index in [1.54, 1.807) is 17.4 Å². The molecule has 0 amide bonds. The van der Waals surface area contributed by atoms with Crippen molar-refractivity contribution < 1.29 is 0 Å². The highest BCUT2D eigenvalue weighted by Gasteiger charge is 2.06. The van der Waals surface area contributed by atoms with E-state index in [1.807, 2.05) is 19.2 Å². The zero-order chi connectivity index (χ0) is 12.3. The molecule has 0 aliphatic rings. The fraction of sp³-hybridized carbons (Fsp3) is 0.273. The van der Waals surface area contributed by atoms with Crippen molar-refractivity contribution in [3.05, 3.63) is 43.8 Å². The van der Waals surface area contributed by atoms with Crippen molar-refractivity contribution in [2.75, 3.05) is 7.05 Å². The zero-order valence-electron chi connectivity index (χ0n) is 9.20. The monoisotopic (exact) mass is 287 g/mol. The first-order valence-electron chi connectivity index (χ1n) is 5.09. The minimum Gasteiger partial charge on any atom is -0.313 e. The van der Waals surface area contributed by atoms with Crippen LogP contribution in [0, 0.1) is 0 Å². The van der Waals surface area contributed by atoms with E-state index in [0.29, 0.717) is 10.0 Å². The number of nitrogens with zero attached hydrogens (tertiary/aromatic N) is 2. The van der Waals surface area contributed by atoms with E-state index in [9.17, 15) is 0 Å². The van der Waals surface area contributed by atoms with Crippen molar-refractivity contribution in [3.8, 4) is 0 Å². The van der Waals surface area contributed by atoms with Crippen LogP contribution in [0.4, 0.5) is 0 Å². The summed E-state index contributed by atoms with van der Waals surface area (Å²) < 4.78 is 0. The molecular weight excluding hydrogens is 277 g/mol. The summed E-state index contributed by atoms with van der Waals surface area (Å²) in [6, 6.07) is 5.62. The Labute approximate surface area is 114 Å². The van der Waals surface area contributed by atoms with Gasteiger partial charge in [0.05, 0.1) is 10.0 Å². The molecule has 0 bridgehead atoms. The smallest absolute Gasteiger partial charge is 0.131 e. The first-order valence-corrected chi connectivity index (χ1v) is 6.66. The fourth-order valence-electron chi connectivity index (χ4n) is 1.41. The van der Waals surface area contributed by atoms with Gasteiger partial charge in [-0.2, -0.15) is 0 Å². The second kappa shape index (κ2) is 5.78. The molecule has 0 unspecified atom stereocenters. The van der Waals surface area contributed by atoms with Crippen LogP contribution in [0.25, 0.3) is 0 Å². The molecule has 3 nitrogen and oxygen atoms in total. The molecule has 2 rings (SSSR count). The second-order valence-corrected chi connectivity index (χ2v) is 5.51.